The predicted molar refractivity (Wildman–Crippen MR) is 172 cm³/mol. The third kappa shape index (κ3) is 6.67. The first kappa shape index (κ1) is 28.6. The smallest absolute Gasteiger partial charge is 0.0795 e. The summed E-state index contributed by atoms with van der Waals surface area (Å²) < 4.78 is 10.8. The van der Waals surface area contributed by atoms with Crippen LogP contribution in [0.25, 0.3) is 42.7 Å². The average Bonchev–Trinajstić information content (AvgIpc) is 3.31. The van der Waals surface area contributed by atoms with Gasteiger partial charge in [-0.25, -0.2) is 0 Å². The molecule has 0 saturated carbocycles. The Morgan fingerprint density at radius 1 is 0.850 bits per heavy atom. The van der Waals surface area contributed by atoms with Crippen LogP contribution in [0, 0.1) is 19.1 Å². The van der Waals surface area contributed by atoms with Crippen molar-refractivity contribution in [1.82, 2.24) is 9.97 Å². The van der Waals surface area contributed by atoms with Crippen molar-refractivity contribution in [3.05, 3.63) is 115 Å². The van der Waals surface area contributed by atoms with Gasteiger partial charge in [0.05, 0.1) is 8.07 Å². The molecule has 0 N–H and O–H groups in total. The van der Waals surface area contributed by atoms with Crippen molar-refractivity contribution >= 4 is 44.8 Å². The molecule has 0 aliphatic heterocycles. The van der Waals surface area contributed by atoms with Crippen LogP contribution in [-0.2, 0) is 20.1 Å². The summed E-state index contributed by atoms with van der Waals surface area (Å²) in [5.41, 5.74) is 6.22. The molecule has 0 unspecified atom stereocenters. The Bertz CT molecular complexity index is 1770. The van der Waals surface area contributed by atoms with E-state index in [0.717, 1.165) is 28.1 Å². The molecule has 3 heterocycles. The van der Waals surface area contributed by atoms with E-state index in [0.29, 0.717) is 0 Å². The van der Waals surface area contributed by atoms with Crippen LogP contribution < -0.4 is 5.19 Å². The van der Waals surface area contributed by atoms with Gasteiger partial charge < -0.3 is 9.97 Å². The van der Waals surface area contributed by atoms with Crippen molar-refractivity contribution < 1.29 is 21.5 Å². The summed E-state index contributed by atoms with van der Waals surface area (Å²) >= 11 is 1.79. The van der Waals surface area contributed by atoms with E-state index in [1.54, 1.807) is 17.5 Å². The van der Waals surface area contributed by atoms with Gasteiger partial charge in [-0.05, 0) is 51.6 Å². The molecule has 0 atom stereocenters. The molecule has 5 heteroatoms. The van der Waals surface area contributed by atoms with Crippen LogP contribution in [0.1, 0.15) is 32.2 Å². The first-order chi connectivity index (χ1) is 19.0. The Kier molecular flexibility index (Phi) is 9.07. The molecule has 0 aliphatic carbocycles. The van der Waals surface area contributed by atoms with Gasteiger partial charge in [0, 0.05) is 38.6 Å². The summed E-state index contributed by atoms with van der Waals surface area (Å²) in [4.78, 5) is 9.07. The van der Waals surface area contributed by atoms with Gasteiger partial charge in [0.2, 0.25) is 0 Å². The van der Waals surface area contributed by atoms with Crippen LogP contribution in [-0.4, -0.2) is 18.0 Å². The summed E-state index contributed by atoms with van der Waals surface area (Å²) in [7, 11) is -1.23. The standard InChI is InChI=1S/C21H18NS.C14H16NSi.Ir/c1-13(2)15-9-10-22-19(12-15)17-6-4-5-16-18-11-14(3)7-8-20(18)23-21(16)17;1-16(2,3)13-9-10-14(15-11-13)12-7-5-4-6-8-12;/h4-5,7-13H,1-3H3;4-7,9-11H,1-3H3;/q2*-1;/i13D;;. The summed E-state index contributed by atoms with van der Waals surface area (Å²) in [6, 6.07) is 33.5. The normalized spacial score (nSPS) is 11.9. The van der Waals surface area contributed by atoms with Crippen LogP contribution in [0.5, 0.6) is 0 Å². The van der Waals surface area contributed by atoms with Crippen molar-refractivity contribution in [2.24, 2.45) is 0 Å². The zero-order chi connectivity index (χ0) is 28.5. The maximum absolute atomic E-state index is 8.27. The van der Waals surface area contributed by atoms with Crippen LogP contribution >= 0.6 is 11.3 Å². The minimum Gasteiger partial charge on any atom is -0.305 e. The van der Waals surface area contributed by atoms with Crippen molar-refractivity contribution in [1.29, 1.82) is 0 Å². The number of aromatic nitrogens is 2. The summed E-state index contributed by atoms with van der Waals surface area (Å²) in [5.74, 6) is -0.636. The number of fused-ring (bicyclic) bond motifs is 3. The van der Waals surface area contributed by atoms with Crippen LogP contribution in [0.2, 0.25) is 19.6 Å². The van der Waals surface area contributed by atoms with Gasteiger partial charge in [0.25, 0.3) is 0 Å². The second kappa shape index (κ2) is 12.7. The van der Waals surface area contributed by atoms with Crippen LogP contribution in [0.3, 0.4) is 0 Å². The third-order valence-corrected chi connectivity index (χ3v) is 10.0. The molecular formula is C35H34IrN2SSi-2. The molecule has 1 radical (unpaired) electrons. The summed E-state index contributed by atoms with van der Waals surface area (Å²) in [5, 5.41) is 3.94. The Hall–Kier alpha value is -2.95. The SMILES string of the molecule is C[Si](C)(C)c1ccc(-c2[c-]cccc2)nc1.[2H]C(C)(C)c1ccnc(-c2[c-]ccc3c2sc2ccc(C)cc23)c1.[Ir]. The first-order valence-corrected chi connectivity index (χ1v) is 17.6. The Morgan fingerprint density at radius 3 is 2.35 bits per heavy atom. The van der Waals surface area contributed by atoms with Gasteiger partial charge >= 0.3 is 0 Å². The number of hydrogen-bond donors (Lipinski definition) is 0. The molecule has 6 aromatic rings. The minimum absolute atomic E-state index is 0. The number of hydrogen-bond acceptors (Lipinski definition) is 3. The Balaban J connectivity index is 0.000000200. The van der Waals surface area contributed by atoms with E-state index in [9.17, 15) is 0 Å². The fourth-order valence-corrected chi connectivity index (χ4v) is 6.70. The van der Waals surface area contributed by atoms with Crippen molar-refractivity contribution in [2.75, 3.05) is 0 Å². The number of aryl methyl sites for hydroxylation is 1. The fraction of sp³-hybridized carbons (Fsp3) is 0.200. The van der Waals surface area contributed by atoms with Crippen LogP contribution in [0.4, 0.5) is 0 Å². The van der Waals surface area contributed by atoms with E-state index in [4.69, 9.17) is 1.37 Å². The van der Waals surface area contributed by atoms with Gasteiger partial charge in [-0.3, -0.25) is 0 Å². The molecule has 0 amide bonds. The van der Waals surface area contributed by atoms with Gasteiger partial charge in [-0.15, -0.1) is 59.7 Å². The topological polar surface area (TPSA) is 25.8 Å². The second-order valence-electron chi connectivity index (χ2n) is 11.1. The predicted octanol–water partition coefficient (Wildman–Crippen LogP) is 9.44. The molecule has 3 aromatic heterocycles. The molecule has 3 aromatic carbocycles. The molecular weight excluding hydrogens is 701 g/mol. The number of pyridine rings is 2. The Labute approximate surface area is 258 Å². The van der Waals surface area contributed by atoms with Gasteiger partial charge in [-0.1, -0.05) is 80.3 Å². The van der Waals surface area contributed by atoms with Gasteiger partial charge in [-0.2, -0.15) is 11.3 Å². The van der Waals surface area contributed by atoms with E-state index < -0.39 is 14.0 Å². The monoisotopic (exact) mass is 736 g/mol. The third-order valence-electron chi connectivity index (χ3n) is 6.79. The largest absolute Gasteiger partial charge is 0.305 e. The maximum Gasteiger partial charge on any atom is 0.0795 e. The molecule has 6 rings (SSSR count). The van der Waals surface area contributed by atoms with Gasteiger partial charge in [0.1, 0.15) is 0 Å². The van der Waals surface area contributed by atoms with Crippen molar-refractivity contribution in [3.8, 4) is 22.5 Å². The van der Waals surface area contributed by atoms with E-state index in [2.05, 4.69) is 85.1 Å². The zero-order valence-electron chi connectivity index (χ0n) is 24.8. The molecule has 0 bridgehead atoms. The first-order valence-electron chi connectivity index (χ1n) is 13.7. The average molecular weight is 736 g/mol. The fourth-order valence-electron chi connectivity index (χ4n) is 4.47. The van der Waals surface area contributed by atoms with E-state index >= 15 is 0 Å². The van der Waals surface area contributed by atoms with Crippen molar-refractivity contribution in [3.63, 3.8) is 0 Å². The molecule has 205 valence electrons. The summed E-state index contributed by atoms with van der Waals surface area (Å²) in [6.45, 7) is 12.9. The van der Waals surface area contributed by atoms with Crippen LogP contribution in [0.15, 0.2) is 91.3 Å². The van der Waals surface area contributed by atoms with E-state index in [-0.39, 0.29) is 20.1 Å². The summed E-state index contributed by atoms with van der Waals surface area (Å²) in [6.07, 6.45) is 3.81. The number of rotatable bonds is 4. The number of benzene rings is 3. The molecule has 0 aliphatic rings. The quantitative estimate of drug-likeness (QED) is 0.133. The molecule has 0 saturated heterocycles. The zero-order valence-corrected chi connectivity index (χ0v) is 28.0. The number of thiophene rings is 1. The van der Waals surface area contributed by atoms with Crippen molar-refractivity contribution in [2.45, 2.75) is 46.3 Å². The second-order valence-corrected chi connectivity index (χ2v) is 17.2. The maximum atomic E-state index is 8.27. The minimum atomic E-state index is -1.23. The van der Waals surface area contributed by atoms with E-state index in [1.807, 2.05) is 62.5 Å². The Morgan fingerprint density at radius 2 is 1.68 bits per heavy atom. The molecule has 0 spiro atoms. The van der Waals surface area contributed by atoms with E-state index in [1.165, 1.54) is 30.9 Å². The molecule has 2 nitrogen and oxygen atoms in total. The van der Waals surface area contributed by atoms with Gasteiger partial charge in [0.15, 0.2) is 0 Å². The molecule has 40 heavy (non-hydrogen) atoms. The molecule has 0 fully saturated rings. The number of nitrogens with zero attached hydrogens (tertiary/aromatic N) is 2.